The molecule has 1 aromatic heterocycles. The van der Waals surface area contributed by atoms with Crippen molar-refractivity contribution >= 4 is 5.78 Å². The molecule has 0 saturated carbocycles. The van der Waals surface area contributed by atoms with Crippen molar-refractivity contribution < 1.29 is 13.7 Å². The molecule has 0 amide bonds. The van der Waals surface area contributed by atoms with Gasteiger partial charge in [-0.25, -0.2) is 4.39 Å². The van der Waals surface area contributed by atoms with Crippen molar-refractivity contribution in [1.82, 2.24) is 10.1 Å². The monoisotopic (exact) mass is 262 g/mol. The lowest BCUT2D eigenvalue weighted by Gasteiger charge is -2.07. The van der Waals surface area contributed by atoms with Crippen molar-refractivity contribution in [2.75, 3.05) is 14.1 Å². The van der Waals surface area contributed by atoms with Crippen molar-refractivity contribution in [1.29, 1.82) is 0 Å². The quantitative estimate of drug-likeness (QED) is 0.795. The number of halogens is 1. The molecule has 0 spiro atoms. The zero-order valence-electron chi connectivity index (χ0n) is 11.1. The molecule has 0 radical (unpaired) electrons. The summed E-state index contributed by atoms with van der Waals surface area (Å²) in [6, 6.07) is 5.83. The molecule has 4 nitrogen and oxygen atoms in total. The van der Waals surface area contributed by atoms with Crippen LogP contribution in [-0.2, 0) is 6.54 Å². The molecule has 0 bridgehead atoms. The number of nitrogens with zero attached hydrogens (tertiary/aromatic N) is 2. The maximum absolute atomic E-state index is 12.9. The highest BCUT2D eigenvalue weighted by molar-refractivity contribution is 6.00. The molecule has 19 heavy (non-hydrogen) atoms. The van der Waals surface area contributed by atoms with Crippen LogP contribution in [0.3, 0.4) is 0 Å². The Hall–Kier alpha value is -2.01. The molecule has 0 atom stereocenters. The predicted octanol–water partition coefficient (Wildman–Crippen LogP) is 2.74. The van der Waals surface area contributed by atoms with Crippen molar-refractivity contribution in [3.63, 3.8) is 0 Å². The van der Waals surface area contributed by atoms with Crippen LogP contribution in [0.5, 0.6) is 0 Å². The molecule has 0 aliphatic carbocycles. The minimum Gasteiger partial charge on any atom is -0.359 e. The first kappa shape index (κ1) is 13.4. The van der Waals surface area contributed by atoms with Gasteiger partial charge in [0, 0.05) is 5.56 Å². The number of rotatable bonds is 4. The van der Waals surface area contributed by atoms with E-state index in [4.69, 9.17) is 4.52 Å². The van der Waals surface area contributed by atoms with Crippen LogP contribution in [0.2, 0.25) is 0 Å². The van der Waals surface area contributed by atoms with Crippen molar-refractivity contribution in [3.05, 3.63) is 41.4 Å². The number of aromatic nitrogens is 1. The SMILES string of the molecule is CC(=O)c1c(-c2ccc(F)cc2)noc1CN(C)C. The smallest absolute Gasteiger partial charge is 0.165 e. The second kappa shape index (κ2) is 5.32. The van der Waals surface area contributed by atoms with E-state index >= 15 is 0 Å². The first-order chi connectivity index (χ1) is 8.99. The molecule has 0 fully saturated rings. The van der Waals surface area contributed by atoms with Gasteiger partial charge in [0.15, 0.2) is 11.5 Å². The molecule has 100 valence electrons. The van der Waals surface area contributed by atoms with Crippen LogP contribution in [-0.4, -0.2) is 29.9 Å². The third kappa shape index (κ3) is 2.88. The number of hydrogen-bond acceptors (Lipinski definition) is 4. The van der Waals surface area contributed by atoms with Crippen LogP contribution in [0.15, 0.2) is 28.8 Å². The van der Waals surface area contributed by atoms with E-state index in [1.807, 2.05) is 19.0 Å². The van der Waals surface area contributed by atoms with E-state index in [0.29, 0.717) is 29.1 Å². The maximum Gasteiger partial charge on any atom is 0.165 e. The molecule has 2 aromatic rings. The van der Waals surface area contributed by atoms with E-state index in [1.165, 1.54) is 19.1 Å². The summed E-state index contributed by atoms with van der Waals surface area (Å²) in [5, 5.41) is 3.95. The van der Waals surface area contributed by atoms with Gasteiger partial charge in [-0.15, -0.1) is 0 Å². The fraction of sp³-hybridized carbons (Fsp3) is 0.286. The molecular weight excluding hydrogens is 247 g/mol. The van der Waals surface area contributed by atoms with Gasteiger partial charge < -0.3 is 9.42 Å². The lowest BCUT2D eigenvalue weighted by molar-refractivity contribution is 0.101. The van der Waals surface area contributed by atoms with Crippen LogP contribution >= 0.6 is 0 Å². The zero-order chi connectivity index (χ0) is 14.0. The third-order valence-corrected chi connectivity index (χ3v) is 2.69. The highest BCUT2D eigenvalue weighted by atomic mass is 19.1. The molecule has 5 heteroatoms. The molecule has 0 saturated heterocycles. The lowest BCUT2D eigenvalue weighted by atomic mass is 10.0. The summed E-state index contributed by atoms with van der Waals surface area (Å²) in [6.07, 6.45) is 0. The topological polar surface area (TPSA) is 46.3 Å². The average molecular weight is 262 g/mol. The van der Waals surface area contributed by atoms with E-state index in [0.717, 1.165) is 0 Å². The molecule has 0 aliphatic heterocycles. The van der Waals surface area contributed by atoms with Gasteiger partial charge in [0.2, 0.25) is 0 Å². The van der Waals surface area contributed by atoms with Gasteiger partial charge in [-0.2, -0.15) is 0 Å². The first-order valence-corrected chi connectivity index (χ1v) is 5.89. The Morgan fingerprint density at radius 1 is 1.32 bits per heavy atom. The van der Waals surface area contributed by atoms with Crippen LogP contribution in [0.4, 0.5) is 4.39 Å². The highest BCUT2D eigenvalue weighted by Crippen LogP contribution is 2.26. The summed E-state index contributed by atoms with van der Waals surface area (Å²) >= 11 is 0. The van der Waals surface area contributed by atoms with Crippen LogP contribution < -0.4 is 0 Å². The Bertz CT molecular complexity index is 588. The summed E-state index contributed by atoms with van der Waals surface area (Å²) in [6.45, 7) is 1.96. The summed E-state index contributed by atoms with van der Waals surface area (Å²) in [5.41, 5.74) is 1.59. The van der Waals surface area contributed by atoms with Crippen LogP contribution in [0.1, 0.15) is 23.0 Å². The Morgan fingerprint density at radius 2 is 1.95 bits per heavy atom. The van der Waals surface area contributed by atoms with E-state index in [2.05, 4.69) is 5.16 Å². The van der Waals surface area contributed by atoms with E-state index in [1.54, 1.807) is 12.1 Å². The maximum atomic E-state index is 12.9. The molecule has 1 heterocycles. The third-order valence-electron chi connectivity index (χ3n) is 2.69. The summed E-state index contributed by atoms with van der Waals surface area (Å²) in [4.78, 5) is 13.7. The Morgan fingerprint density at radius 3 is 2.47 bits per heavy atom. The summed E-state index contributed by atoms with van der Waals surface area (Å²) in [7, 11) is 3.76. The highest BCUT2D eigenvalue weighted by Gasteiger charge is 2.21. The molecule has 0 unspecified atom stereocenters. The average Bonchev–Trinajstić information content (AvgIpc) is 2.73. The van der Waals surface area contributed by atoms with Gasteiger partial charge in [-0.05, 0) is 45.3 Å². The van der Waals surface area contributed by atoms with Crippen LogP contribution in [0.25, 0.3) is 11.3 Å². The van der Waals surface area contributed by atoms with Gasteiger partial charge in [0.25, 0.3) is 0 Å². The number of hydrogen-bond donors (Lipinski definition) is 0. The van der Waals surface area contributed by atoms with Gasteiger partial charge >= 0.3 is 0 Å². The fourth-order valence-corrected chi connectivity index (χ4v) is 1.89. The normalized spacial score (nSPS) is 11.0. The number of carbonyl (C=O) groups is 1. The van der Waals surface area contributed by atoms with E-state index in [-0.39, 0.29) is 11.6 Å². The number of Topliss-reactive ketones (excluding diaryl/α,β-unsaturated/α-hetero) is 1. The second-order valence-corrected chi connectivity index (χ2v) is 4.63. The van der Waals surface area contributed by atoms with Crippen molar-refractivity contribution in [3.8, 4) is 11.3 Å². The fourth-order valence-electron chi connectivity index (χ4n) is 1.89. The zero-order valence-corrected chi connectivity index (χ0v) is 11.1. The number of ketones is 1. The number of benzene rings is 1. The predicted molar refractivity (Wildman–Crippen MR) is 69.3 cm³/mol. The minimum atomic E-state index is -0.329. The Labute approximate surface area is 110 Å². The lowest BCUT2D eigenvalue weighted by Crippen LogP contribution is -2.12. The summed E-state index contributed by atoms with van der Waals surface area (Å²) in [5.74, 6) is 0.0828. The van der Waals surface area contributed by atoms with Crippen LogP contribution in [0, 0.1) is 5.82 Å². The molecule has 2 rings (SSSR count). The Balaban J connectivity index is 2.48. The largest absolute Gasteiger partial charge is 0.359 e. The molecular formula is C14H15FN2O2. The van der Waals surface area contributed by atoms with Gasteiger partial charge in [-0.3, -0.25) is 4.79 Å². The molecule has 0 aliphatic rings. The number of carbonyl (C=O) groups excluding carboxylic acids is 1. The second-order valence-electron chi connectivity index (χ2n) is 4.63. The first-order valence-electron chi connectivity index (χ1n) is 5.89. The molecule has 0 N–H and O–H groups in total. The van der Waals surface area contributed by atoms with Gasteiger partial charge in [0.1, 0.15) is 11.5 Å². The van der Waals surface area contributed by atoms with Crippen molar-refractivity contribution in [2.45, 2.75) is 13.5 Å². The Kier molecular flexibility index (Phi) is 3.76. The molecule has 1 aromatic carbocycles. The van der Waals surface area contributed by atoms with Gasteiger partial charge in [-0.1, -0.05) is 5.16 Å². The minimum absolute atomic E-state index is 0.113. The van der Waals surface area contributed by atoms with Gasteiger partial charge in [0.05, 0.1) is 12.1 Å². The summed E-state index contributed by atoms with van der Waals surface area (Å²) < 4.78 is 18.2. The van der Waals surface area contributed by atoms with E-state index < -0.39 is 0 Å². The standard InChI is InChI=1S/C14H15FN2O2/c1-9(18)13-12(8-17(2)3)19-16-14(13)10-4-6-11(15)7-5-10/h4-7H,8H2,1-3H3. The van der Waals surface area contributed by atoms with Crippen molar-refractivity contribution in [2.24, 2.45) is 0 Å². The van der Waals surface area contributed by atoms with E-state index in [9.17, 15) is 9.18 Å².